The normalized spacial score (nSPS) is 16.6. The second-order valence-corrected chi connectivity index (χ2v) is 3.15. The van der Waals surface area contributed by atoms with E-state index >= 15 is 0 Å². The molecule has 0 aromatic heterocycles. The van der Waals surface area contributed by atoms with Crippen molar-refractivity contribution in [1.29, 1.82) is 0 Å². The molecule has 1 aliphatic rings. The number of rotatable bonds is 4. The fourth-order valence-corrected chi connectivity index (χ4v) is 0.942. The molecule has 0 atom stereocenters. The number of nitrogens with zero attached hydrogens (tertiary/aromatic N) is 1. The Labute approximate surface area is 87.4 Å². The topological polar surface area (TPSA) is 24.5 Å². The van der Waals surface area contributed by atoms with Crippen LogP contribution in [0.15, 0.2) is 25.3 Å². The van der Waals surface area contributed by atoms with Gasteiger partial charge in [-0.25, -0.2) is 0 Å². The van der Waals surface area contributed by atoms with E-state index in [1.807, 2.05) is 12.2 Å². The van der Waals surface area contributed by atoms with Crippen molar-refractivity contribution >= 4 is 0 Å². The Balaban J connectivity index is 0.000000241. The molecule has 1 saturated heterocycles. The molecule has 14 heavy (non-hydrogen) atoms. The van der Waals surface area contributed by atoms with E-state index in [9.17, 15) is 0 Å². The molecule has 3 heteroatoms. The first-order chi connectivity index (χ1) is 6.81. The first kappa shape index (κ1) is 13.4. The lowest BCUT2D eigenvalue weighted by molar-refractivity contribution is 0.0503. The van der Waals surface area contributed by atoms with Gasteiger partial charge in [0.05, 0.1) is 13.2 Å². The van der Waals surface area contributed by atoms with Crippen LogP contribution in [0.5, 0.6) is 0 Å². The van der Waals surface area contributed by atoms with Crippen LogP contribution in [0.3, 0.4) is 0 Å². The highest BCUT2D eigenvalue weighted by Crippen LogP contribution is 1.89. The minimum absolute atomic E-state index is 0.867. The molecule has 0 radical (unpaired) electrons. The molecule has 0 amide bonds. The zero-order valence-electron chi connectivity index (χ0n) is 9.17. The van der Waals surface area contributed by atoms with Crippen LogP contribution < -0.4 is 5.32 Å². The van der Waals surface area contributed by atoms with Crippen molar-refractivity contribution in [3.05, 3.63) is 25.3 Å². The van der Waals surface area contributed by atoms with Gasteiger partial charge in [-0.2, -0.15) is 0 Å². The Bertz CT molecular complexity index is 134. The van der Waals surface area contributed by atoms with Gasteiger partial charge in [0.25, 0.3) is 0 Å². The monoisotopic (exact) mass is 198 g/mol. The van der Waals surface area contributed by atoms with Gasteiger partial charge in [-0.05, 0) is 7.05 Å². The SMILES string of the molecule is C=CCNCC=C.CN1CCOCC1. The van der Waals surface area contributed by atoms with Crippen molar-refractivity contribution in [2.45, 2.75) is 0 Å². The molecule has 0 saturated carbocycles. The van der Waals surface area contributed by atoms with Gasteiger partial charge < -0.3 is 15.0 Å². The van der Waals surface area contributed by atoms with Gasteiger partial charge in [-0.3, -0.25) is 0 Å². The summed E-state index contributed by atoms with van der Waals surface area (Å²) in [5.74, 6) is 0. The second-order valence-electron chi connectivity index (χ2n) is 3.15. The van der Waals surface area contributed by atoms with Crippen LogP contribution in [-0.4, -0.2) is 51.3 Å². The van der Waals surface area contributed by atoms with Crippen LogP contribution in [-0.2, 0) is 4.74 Å². The Morgan fingerprint density at radius 2 is 1.71 bits per heavy atom. The van der Waals surface area contributed by atoms with Gasteiger partial charge in [0.15, 0.2) is 0 Å². The number of morpholine rings is 1. The Kier molecular flexibility index (Phi) is 9.96. The fraction of sp³-hybridized carbons (Fsp3) is 0.636. The van der Waals surface area contributed by atoms with Crippen molar-refractivity contribution < 1.29 is 4.74 Å². The van der Waals surface area contributed by atoms with Gasteiger partial charge in [0.2, 0.25) is 0 Å². The van der Waals surface area contributed by atoms with Crippen LogP contribution in [0.25, 0.3) is 0 Å². The minimum Gasteiger partial charge on any atom is -0.379 e. The van der Waals surface area contributed by atoms with Crippen LogP contribution in [0.4, 0.5) is 0 Å². The third kappa shape index (κ3) is 9.45. The minimum atomic E-state index is 0.867. The number of nitrogens with one attached hydrogen (secondary N) is 1. The van der Waals surface area contributed by atoms with Crippen molar-refractivity contribution in [2.24, 2.45) is 0 Å². The molecule has 3 nitrogen and oxygen atoms in total. The summed E-state index contributed by atoms with van der Waals surface area (Å²) in [5, 5.41) is 3.05. The standard InChI is InChI=1S/C6H11N.C5H11NO/c1-3-5-7-6-4-2;1-6-2-4-7-5-3-6/h3-4,7H,1-2,5-6H2;2-5H2,1H3. The summed E-state index contributed by atoms with van der Waals surface area (Å²) in [4.78, 5) is 2.27. The van der Waals surface area contributed by atoms with Crippen molar-refractivity contribution in [3.8, 4) is 0 Å². The van der Waals surface area contributed by atoms with Crippen molar-refractivity contribution in [3.63, 3.8) is 0 Å². The largest absolute Gasteiger partial charge is 0.379 e. The summed E-state index contributed by atoms with van der Waals surface area (Å²) in [6.45, 7) is 12.8. The summed E-state index contributed by atoms with van der Waals surface area (Å²) in [7, 11) is 2.11. The molecule has 1 aliphatic heterocycles. The van der Waals surface area contributed by atoms with E-state index in [2.05, 4.69) is 30.4 Å². The van der Waals surface area contributed by atoms with E-state index in [0.29, 0.717) is 0 Å². The Morgan fingerprint density at radius 3 is 2.00 bits per heavy atom. The molecule has 1 N–H and O–H groups in total. The lowest BCUT2D eigenvalue weighted by Gasteiger charge is -2.21. The number of hydrogen-bond donors (Lipinski definition) is 1. The summed E-state index contributed by atoms with van der Waals surface area (Å²) in [6.07, 6.45) is 3.65. The van der Waals surface area contributed by atoms with Crippen molar-refractivity contribution in [1.82, 2.24) is 10.2 Å². The first-order valence-electron chi connectivity index (χ1n) is 5.00. The van der Waals surface area contributed by atoms with Crippen LogP contribution in [0.1, 0.15) is 0 Å². The average Bonchev–Trinajstić information content (AvgIpc) is 2.21. The predicted octanol–water partition coefficient (Wildman–Crippen LogP) is 0.896. The molecule has 1 fully saturated rings. The summed E-state index contributed by atoms with van der Waals surface area (Å²) in [6, 6.07) is 0. The molecule has 0 aromatic rings. The highest BCUT2D eigenvalue weighted by Gasteiger charge is 2.02. The van der Waals surface area contributed by atoms with E-state index in [-0.39, 0.29) is 0 Å². The highest BCUT2D eigenvalue weighted by atomic mass is 16.5. The quantitative estimate of drug-likeness (QED) is 0.536. The Morgan fingerprint density at radius 1 is 1.21 bits per heavy atom. The van der Waals surface area contributed by atoms with E-state index < -0.39 is 0 Å². The first-order valence-corrected chi connectivity index (χ1v) is 5.00. The number of ether oxygens (including phenoxy) is 1. The highest BCUT2D eigenvalue weighted by molar-refractivity contribution is 4.75. The molecule has 0 aliphatic carbocycles. The maximum Gasteiger partial charge on any atom is 0.0594 e. The van der Waals surface area contributed by atoms with Gasteiger partial charge >= 0.3 is 0 Å². The smallest absolute Gasteiger partial charge is 0.0594 e. The average molecular weight is 198 g/mol. The molecule has 1 heterocycles. The predicted molar refractivity (Wildman–Crippen MR) is 61.6 cm³/mol. The summed E-state index contributed by atoms with van der Waals surface area (Å²) >= 11 is 0. The van der Waals surface area contributed by atoms with Crippen LogP contribution in [0.2, 0.25) is 0 Å². The third-order valence-corrected chi connectivity index (χ3v) is 1.81. The van der Waals surface area contributed by atoms with Crippen LogP contribution in [0, 0.1) is 0 Å². The zero-order chi connectivity index (χ0) is 10.6. The maximum absolute atomic E-state index is 5.10. The molecule has 0 bridgehead atoms. The fourth-order valence-electron chi connectivity index (χ4n) is 0.942. The number of likely N-dealkylation sites (N-methyl/N-ethyl adjacent to an activating group) is 1. The molecule has 0 spiro atoms. The molecular formula is C11H22N2O. The maximum atomic E-state index is 5.10. The van der Waals surface area contributed by atoms with Gasteiger partial charge in [0.1, 0.15) is 0 Å². The summed E-state index contributed by atoms with van der Waals surface area (Å²) in [5.41, 5.74) is 0. The van der Waals surface area contributed by atoms with Gasteiger partial charge in [-0.15, -0.1) is 13.2 Å². The molecule has 0 unspecified atom stereocenters. The lowest BCUT2D eigenvalue weighted by Crippen LogP contribution is -2.32. The van der Waals surface area contributed by atoms with E-state index in [1.165, 1.54) is 0 Å². The van der Waals surface area contributed by atoms with E-state index in [4.69, 9.17) is 4.74 Å². The van der Waals surface area contributed by atoms with Crippen LogP contribution >= 0.6 is 0 Å². The van der Waals surface area contributed by atoms with Crippen molar-refractivity contribution in [2.75, 3.05) is 46.4 Å². The van der Waals surface area contributed by atoms with Gasteiger partial charge in [-0.1, -0.05) is 12.2 Å². The Hall–Kier alpha value is -0.640. The van der Waals surface area contributed by atoms with Gasteiger partial charge in [0, 0.05) is 26.2 Å². The lowest BCUT2D eigenvalue weighted by atomic mass is 10.5. The molecule has 1 rings (SSSR count). The zero-order valence-corrected chi connectivity index (χ0v) is 9.17. The van der Waals surface area contributed by atoms with E-state index in [1.54, 1.807) is 0 Å². The second kappa shape index (κ2) is 10.4. The summed E-state index contributed by atoms with van der Waals surface area (Å²) < 4.78 is 5.10. The van der Waals surface area contributed by atoms with E-state index in [0.717, 1.165) is 39.4 Å². The number of hydrogen-bond acceptors (Lipinski definition) is 3. The third-order valence-electron chi connectivity index (χ3n) is 1.81. The molecule has 0 aromatic carbocycles. The molecule has 82 valence electrons. The molecular weight excluding hydrogens is 176 g/mol.